The number of hydrogen-bond donors (Lipinski definition) is 2. The van der Waals surface area contributed by atoms with Crippen molar-refractivity contribution in [3.63, 3.8) is 0 Å². The van der Waals surface area contributed by atoms with E-state index in [0.717, 1.165) is 12.3 Å². The van der Waals surface area contributed by atoms with Crippen LogP contribution in [0.1, 0.15) is 36.2 Å². The van der Waals surface area contributed by atoms with Crippen molar-refractivity contribution in [2.75, 3.05) is 18.6 Å². The summed E-state index contributed by atoms with van der Waals surface area (Å²) in [5.74, 6) is 1.32. The lowest BCUT2D eigenvalue weighted by atomic mass is 10.2. The van der Waals surface area contributed by atoms with E-state index in [1.54, 1.807) is 6.07 Å². The number of carbonyl (C=O) groups is 1. The van der Waals surface area contributed by atoms with Gasteiger partial charge in [-0.2, -0.15) is 11.8 Å². The molecule has 0 aliphatic carbocycles. The number of aromatic carboxylic acids is 1. The van der Waals surface area contributed by atoms with E-state index in [4.69, 9.17) is 9.52 Å². The summed E-state index contributed by atoms with van der Waals surface area (Å²) < 4.78 is 5.23. The van der Waals surface area contributed by atoms with E-state index in [1.165, 1.54) is 6.07 Å². The fraction of sp³-hybridized carbons (Fsp3) is 0.583. The van der Waals surface area contributed by atoms with Gasteiger partial charge in [0.05, 0.1) is 6.04 Å². The molecule has 2 atom stereocenters. The summed E-state index contributed by atoms with van der Waals surface area (Å²) in [5, 5.41) is 12.1. The Morgan fingerprint density at radius 2 is 2.24 bits per heavy atom. The SMILES string of the molecule is CSCC(C)CNC(C)c1ccc(C(=O)O)o1. The van der Waals surface area contributed by atoms with Crippen molar-refractivity contribution in [1.29, 1.82) is 0 Å². The zero-order valence-electron chi connectivity index (χ0n) is 10.4. The number of carboxylic acids is 1. The van der Waals surface area contributed by atoms with Gasteiger partial charge >= 0.3 is 5.97 Å². The zero-order valence-corrected chi connectivity index (χ0v) is 11.2. The average molecular weight is 257 g/mol. The minimum Gasteiger partial charge on any atom is -0.475 e. The monoisotopic (exact) mass is 257 g/mol. The Hall–Kier alpha value is -0.940. The smallest absolute Gasteiger partial charge is 0.371 e. The standard InChI is InChI=1S/C12H19NO3S/c1-8(7-17-3)6-13-9(2)10-4-5-11(16-10)12(14)15/h4-5,8-9,13H,6-7H2,1-3H3,(H,14,15). The first-order valence-corrected chi connectivity index (χ1v) is 6.99. The summed E-state index contributed by atoms with van der Waals surface area (Å²) in [6, 6.07) is 3.23. The van der Waals surface area contributed by atoms with Gasteiger partial charge in [0.1, 0.15) is 5.76 Å². The number of hydrogen-bond acceptors (Lipinski definition) is 4. The Balaban J connectivity index is 2.46. The van der Waals surface area contributed by atoms with Crippen molar-refractivity contribution in [3.8, 4) is 0 Å². The van der Waals surface area contributed by atoms with Crippen LogP contribution in [0, 0.1) is 5.92 Å². The lowest BCUT2D eigenvalue weighted by molar-refractivity contribution is 0.0659. The molecule has 0 amide bonds. The van der Waals surface area contributed by atoms with Gasteiger partial charge in [-0.25, -0.2) is 4.79 Å². The van der Waals surface area contributed by atoms with Crippen LogP contribution in [0.5, 0.6) is 0 Å². The zero-order chi connectivity index (χ0) is 12.8. The van der Waals surface area contributed by atoms with Gasteiger partial charge in [0, 0.05) is 0 Å². The highest BCUT2D eigenvalue weighted by Gasteiger charge is 2.14. The Morgan fingerprint density at radius 1 is 1.53 bits per heavy atom. The minimum atomic E-state index is -1.03. The minimum absolute atomic E-state index is 0.00851. The number of rotatable bonds is 7. The summed E-state index contributed by atoms with van der Waals surface area (Å²) in [5.41, 5.74) is 0. The summed E-state index contributed by atoms with van der Waals surface area (Å²) in [6.07, 6.45) is 2.09. The highest BCUT2D eigenvalue weighted by molar-refractivity contribution is 7.98. The van der Waals surface area contributed by atoms with E-state index in [2.05, 4.69) is 18.5 Å². The summed E-state index contributed by atoms with van der Waals surface area (Å²) in [7, 11) is 0. The second-order valence-electron chi connectivity index (χ2n) is 4.20. The van der Waals surface area contributed by atoms with Crippen LogP contribution in [-0.2, 0) is 0 Å². The summed E-state index contributed by atoms with van der Waals surface area (Å²) >= 11 is 1.82. The maximum Gasteiger partial charge on any atom is 0.371 e. The first kappa shape index (κ1) is 14.1. The van der Waals surface area contributed by atoms with Gasteiger partial charge in [-0.3, -0.25) is 0 Å². The molecule has 0 aliphatic rings. The molecule has 1 heterocycles. The highest BCUT2D eigenvalue weighted by Crippen LogP contribution is 2.16. The van der Waals surface area contributed by atoms with E-state index >= 15 is 0 Å². The van der Waals surface area contributed by atoms with Gasteiger partial charge < -0.3 is 14.8 Å². The summed E-state index contributed by atoms with van der Waals surface area (Å²) in [4.78, 5) is 10.7. The molecule has 96 valence electrons. The molecule has 4 nitrogen and oxygen atoms in total. The average Bonchev–Trinajstić information content (AvgIpc) is 2.75. The first-order valence-electron chi connectivity index (χ1n) is 5.60. The first-order chi connectivity index (χ1) is 8.04. The van der Waals surface area contributed by atoms with Crippen LogP contribution < -0.4 is 5.32 Å². The van der Waals surface area contributed by atoms with Gasteiger partial charge in [0.25, 0.3) is 0 Å². The van der Waals surface area contributed by atoms with Crippen molar-refractivity contribution >= 4 is 17.7 Å². The molecule has 2 N–H and O–H groups in total. The van der Waals surface area contributed by atoms with Gasteiger partial charge in [-0.15, -0.1) is 0 Å². The largest absolute Gasteiger partial charge is 0.475 e. The van der Waals surface area contributed by atoms with E-state index in [9.17, 15) is 4.79 Å². The Bertz CT molecular complexity index is 364. The van der Waals surface area contributed by atoms with Crippen LogP contribution >= 0.6 is 11.8 Å². The molecule has 17 heavy (non-hydrogen) atoms. The maximum absolute atomic E-state index is 10.7. The van der Waals surface area contributed by atoms with Crippen molar-refractivity contribution < 1.29 is 14.3 Å². The van der Waals surface area contributed by atoms with Gasteiger partial charge in [0.15, 0.2) is 0 Å². The van der Waals surface area contributed by atoms with Crippen molar-refractivity contribution in [2.24, 2.45) is 5.92 Å². The van der Waals surface area contributed by atoms with Crippen molar-refractivity contribution in [3.05, 3.63) is 23.7 Å². The van der Waals surface area contributed by atoms with Crippen LogP contribution in [0.3, 0.4) is 0 Å². The van der Waals surface area contributed by atoms with Crippen LogP contribution in [0.2, 0.25) is 0 Å². The highest BCUT2D eigenvalue weighted by atomic mass is 32.2. The van der Waals surface area contributed by atoms with Crippen LogP contribution in [0.25, 0.3) is 0 Å². The molecule has 0 bridgehead atoms. The van der Waals surface area contributed by atoms with E-state index in [0.29, 0.717) is 11.7 Å². The molecule has 0 fully saturated rings. The third kappa shape index (κ3) is 4.44. The number of carboxylic acid groups (broad SMARTS) is 1. The molecule has 0 aromatic carbocycles. The Labute approximate surface area is 106 Å². The van der Waals surface area contributed by atoms with Crippen molar-refractivity contribution in [1.82, 2.24) is 5.32 Å². The Morgan fingerprint density at radius 3 is 2.76 bits per heavy atom. The third-order valence-electron chi connectivity index (χ3n) is 2.49. The number of thioether (sulfide) groups is 1. The van der Waals surface area contributed by atoms with E-state index in [1.807, 2.05) is 18.7 Å². The predicted molar refractivity (Wildman–Crippen MR) is 69.6 cm³/mol. The molecule has 1 aromatic heterocycles. The van der Waals surface area contributed by atoms with Crippen LogP contribution in [0.15, 0.2) is 16.5 Å². The van der Waals surface area contributed by atoms with Gasteiger partial charge in [0.2, 0.25) is 5.76 Å². The fourth-order valence-electron chi connectivity index (χ4n) is 1.52. The molecule has 0 saturated heterocycles. The molecule has 5 heteroatoms. The molecule has 1 rings (SSSR count). The fourth-order valence-corrected chi connectivity index (χ4v) is 2.21. The quantitative estimate of drug-likeness (QED) is 0.786. The second kappa shape index (κ2) is 6.71. The second-order valence-corrected chi connectivity index (χ2v) is 5.11. The maximum atomic E-state index is 10.7. The molecule has 0 spiro atoms. The van der Waals surface area contributed by atoms with E-state index in [-0.39, 0.29) is 11.8 Å². The number of nitrogens with one attached hydrogen (secondary N) is 1. The van der Waals surface area contributed by atoms with Crippen molar-refractivity contribution in [2.45, 2.75) is 19.9 Å². The van der Waals surface area contributed by atoms with Crippen LogP contribution in [0.4, 0.5) is 0 Å². The molecule has 0 saturated carbocycles. The lowest BCUT2D eigenvalue weighted by Gasteiger charge is -2.15. The normalized spacial score (nSPS) is 14.5. The number of furan rings is 1. The topological polar surface area (TPSA) is 62.5 Å². The van der Waals surface area contributed by atoms with Crippen LogP contribution in [-0.4, -0.2) is 29.6 Å². The third-order valence-corrected chi connectivity index (χ3v) is 3.39. The summed E-state index contributed by atoms with van der Waals surface area (Å²) in [6.45, 7) is 5.04. The molecular weight excluding hydrogens is 238 g/mol. The van der Waals surface area contributed by atoms with E-state index < -0.39 is 5.97 Å². The lowest BCUT2D eigenvalue weighted by Crippen LogP contribution is -2.25. The molecule has 0 radical (unpaired) electrons. The van der Waals surface area contributed by atoms with Gasteiger partial charge in [-0.05, 0) is 43.5 Å². The Kier molecular flexibility index (Phi) is 5.58. The predicted octanol–water partition coefficient (Wildman–Crippen LogP) is 2.63. The molecule has 1 aromatic rings. The molecule has 0 aliphatic heterocycles. The molecule has 2 unspecified atom stereocenters. The van der Waals surface area contributed by atoms with Gasteiger partial charge in [-0.1, -0.05) is 6.92 Å². The molecular formula is C12H19NO3S.